The topological polar surface area (TPSA) is 80.7 Å². The van der Waals surface area contributed by atoms with Crippen LogP contribution in [-0.4, -0.2) is 51.0 Å². The van der Waals surface area contributed by atoms with E-state index in [-0.39, 0.29) is 5.65 Å². The number of halogens is 3. The second-order valence-electron chi connectivity index (χ2n) is 6.97. The average Bonchev–Trinajstić information content (AvgIpc) is 3.31. The van der Waals surface area contributed by atoms with Gasteiger partial charge in [0.25, 0.3) is 5.82 Å². The average molecular weight is 410 g/mol. The number of hydrogen-bond donors (Lipinski definition) is 1. The van der Waals surface area contributed by atoms with Crippen molar-refractivity contribution in [3.63, 3.8) is 0 Å². The Morgan fingerprint density at radius 2 is 1.79 bits per heavy atom. The van der Waals surface area contributed by atoms with Crippen LogP contribution in [0.5, 0.6) is 0 Å². The van der Waals surface area contributed by atoms with Crippen LogP contribution in [0.4, 0.5) is 19.0 Å². The van der Waals surface area contributed by atoms with Gasteiger partial charge in [0, 0.05) is 18.7 Å². The van der Waals surface area contributed by atoms with Gasteiger partial charge in [-0.2, -0.15) is 17.7 Å². The Bertz CT molecular complexity index is 1010. The Hall–Kier alpha value is -2.66. The summed E-state index contributed by atoms with van der Waals surface area (Å²) in [5.41, 5.74) is 1.38. The van der Waals surface area contributed by atoms with Gasteiger partial charge in [-0.25, -0.2) is 0 Å². The molecule has 1 saturated heterocycles. The van der Waals surface area contributed by atoms with E-state index in [1.165, 1.54) is 0 Å². The zero-order valence-electron chi connectivity index (χ0n) is 16.1. The summed E-state index contributed by atoms with van der Waals surface area (Å²) >= 11 is 0. The van der Waals surface area contributed by atoms with E-state index < -0.39 is 12.0 Å². The Balaban J connectivity index is 1.50. The third kappa shape index (κ3) is 4.06. The van der Waals surface area contributed by atoms with Crippen molar-refractivity contribution in [1.82, 2.24) is 24.7 Å². The highest BCUT2D eigenvalue weighted by Gasteiger charge is 2.38. The van der Waals surface area contributed by atoms with Gasteiger partial charge in [0.15, 0.2) is 11.5 Å². The van der Waals surface area contributed by atoms with Crippen molar-refractivity contribution >= 4 is 11.5 Å². The number of aryl methyl sites for hydroxylation is 1. The van der Waals surface area contributed by atoms with E-state index in [1.807, 2.05) is 12.1 Å². The molecular weight excluding hydrogens is 389 g/mol. The van der Waals surface area contributed by atoms with Crippen LogP contribution < -0.4 is 5.32 Å². The van der Waals surface area contributed by atoms with Crippen LogP contribution in [0.15, 0.2) is 16.5 Å². The number of fused-ring (bicyclic) bond motifs is 1. The molecule has 0 amide bonds. The summed E-state index contributed by atoms with van der Waals surface area (Å²) in [7, 11) is 0. The van der Waals surface area contributed by atoms with Gasteiger partial charge in [0.05, 0.1) is 26.3 Å². The number of nitrogens with zero attached hydrogens (tertiary/aromatic N) is 5. The lowest BCUT2D eigenvalue weighted by atomic mass is 10.2. The van der Waals surface area contributed by atoms with E-state index in [2.05, 4.69) is 25.5 Å². The van der Waals surface area contributed by atoms with Crippen molar-refractivity contribution in [2.24, 2.45) is 0 Å². The third-order valence-electron chi connectivity index (χ3n) is 4.98. The smallest absolute Gasteiger partial charge is 0.453 e. The normalized spacial score (nSPS) is 15.9. The highest BCUT2D eigenvalue weighted by Crippen LogP contribution is 2.29. The minimum Gasteiger partial charge on any atom is -0.463 e. The van der Waals surface area contributed by atoms with E-state index in [1.54, 1.807) is 13.8 Å². The Morgan fingerprint density at radius 3 is 2.52 bits per heavy atom. The zero-order chi connectivity index (χ0) is 20.6. The number of hydrogen-bond acceptors (Lipinski definition) is 7. The van der Waals surface area contributed by atoms with Crippen LogP contribution in [0, 0.1) is 13.8 Å². The molecule has 4 heterocycles. The van der Waals surface area contributed by atoms with Gasteiger partial charge in [0.1, 0.15) is 11.5 Å². The second-order valence-corrected chi connectivity index (χ2v) is 6.97. The van der Waals surface area contributed by atoms with Gasteiger partial charge >= 0.3 is 6.18 Å². The molecule has 1 aliphatic rings. The van der Waals surface area contributed by atoms with Gasteiger partial charge < -0.3 is 14.5 Å². The molecule has 156 valence electrons. The number of rotatable bonds is 5. The summed E-state index contributed by atoms with van der Waals surface area (Å²) in [6.45, 7) is 7.61. The standard InChI is InChI=1S/C18H21F3N6O2/c1-11-12(2)16-23-24-17(18(19,20)21)27(16)25-15(11)22-9-13-3-4-14(29-13)10-26-5-7-28-8-6-26/h3-4H,5-10H2,1-2H3,(H,22,25). The molecule has 0 aliphatic carbocycles. The Labute approximate surface area is 164 Å². The number of alkyl halides is 3. The summed E-state index contributed by atoms with van der Waals surface area (Å²) in [6.07, 6.45) is -4.64. The predicted octanol–water partition coefficient (Wildman–Crippen LogP) is 2.80. The van der Waals surface area contributed by atoms with Gasteiger partial charge in [-0.05, 0) is 31.5 Å². The van der Waals surface area contributed by atoms with Crippen LogP contribution in [0.1, 0.15) is 28.5 Å². The first-order valence-electron chi connectivity index (χ1n) is 9.24. The monoisotopic (exact) mass is 410 g/mol. The molecule has 29 heavy (non-hydrogen) atoms. The molecule has 3 aromatic rings. The summed E-state index contributed by atoms with van der Waals surface area (Å²) in [4.78, 5) is 2.24. The minimum absolute atomic E-state index is 0.0890. The molecule has 0 aromatic carbocycles. The number of ether oxygens (including phenoxy) is 1. The Morgan fingerprint density at radius 1 is 1.07 bits per heavy atom. The first-order valence-corrected chi connectivity index (χ1v) is 9.24. The van der Waals surface area contributed by atoms with Crippen LogP contribution in [0.2, 0.25) is 0 Å². The van der Waals surface area contributed by atoms with Crippen molar-refractivity contribution in [3.05, 3.63) is 40.6 Å². The molecule has 1 fully saturated rings. The van der Waals surface area contributed by atoms with E-state index in [9.17, 15) is 13.2 Å². The Kier molecular flexibility index (Phi) is 5.17. The fourth-order valence-corrected chi connectivity index (χ4v) is 3.23. The van der Waals surface area contributed by atoms with Crippen LogP contribution in [0.3, 0.4) is 0 Å². The molecule has 8 nitrogen and oxygen atoms in total. The number of anilines is 1. The highest BCUT2D eigenvalue weighted by molar-refractivity contribution is 5.58. The third-order valence-corrected chi connectivity index (χ3v) is 4.98. The van der Waals surface area contributed by atoms with Crippen molar-refractivity contribution < 1.29 is 22.3 Å². The molecule has 11 heteroatoms. The number of aromatic nitrogens is 4. The van der Waals surface area contributed by atoms with Crippen LogP contribution in [-0.2, 0) is 24.0 Å². The van der Waals surface area contributed by atoms with E-state index >= 15 is 0 Å². The lowest BCUT2D eigenvalue weighted by molar-refractivity contribution is -0.146. The quantitative estimate of drug-likeness (QED) is 0.693. The van der Waals surface area contributed by atoms with Crippen molar-refractivity contribution in [1.29, 1.82) is 0 Å². The predicted molar refractivity (Wildman–Crippen MR) is 97.4 cm³/mol. The lowest BCUT2D eigenvalue weighted by Gasteiger charge is -2.25. The maximum absolute atomic E-state index is 13.2. The van der Waals surface area contributed by atoms with Crippen molar-refractivity contribution in [2.45, 2.75) is 33.1 Å². The SMILES string of the molecule is Cc1c(NCc2ccc(CN3CCOCC3)o2)nn2c(C(F)(F)F)nnc2c1C. The van der Waals surface area contributed by atoms with Gasteiger partial charge in [0.2, 0.25) is 0 Å². The van der Waals surface area contributed by atoms with Crippen molar-refractivity contribution in [2.75, 3.05) is 31.6 Å². The lowest BCUT2D eigenvalue weighted by Crippen LogP contribution is -2.35. The highest BCUT2D eigenvalue weighted by atomic mass is 19.4. The summed E-state index contributed by atoms with van der Waals surface area (Å²) in [5, 5.41) is 14.0. The van der Waals surface area contributed by atoms with Crippen molar-refractivity contribution in [3.8, 4) is 0 Å². The van der Waals surface area contributed by atoms with Gasteiger partial charge in [-0.1, -0.05) is 0 Å². The van der Waals surface area contributed by atoms with Crippen LogP contribution >= 0.6 is 0 Å². The summed E-state index contributed by atoms with van der Waals surface area (Å²) in [5.74, 6) is 0.682. The fourth-order valence-electron chi connectivity index (χ4n) is 3.23. The molecule has 3 aromatic heterocycles. The van der Waals surface area contributed by atoms with Crippen LogP contribution in [0.25, 0.3) is 5.65 Å². The maximum atomic E-state index is 13.2. The van der Waals surface area contributed by atoms with E-state index in [4.69, 9.17) is 9.15 Å². The zero-order valence-corrected chi connectivity index (χ0v) is 16.1. The molecule has 0 atom stereocenters. The van der Waals surface area contributed by atoms with E-state index in [0.29, 0.717) is 49.0 Å². The number of furan rings is 1. The molecule has 1 N–H and O–H groups in total. The van der Waals surface area contributed by atoms with Gasteiger partial charge in [-0.15, -0.1) is 15.3 Å². The molecule has 0 saturated carbocycles. The molecule has 4 rings (SSSR count). The molecule has 0 spiro atoms. The molecular formula is C18H21F3N6O2. The second kappa shape index (κ2) is 7.64. The maximum Gasteiger partial charge on any atom is 0.453 e. The summed E-state index contributed by atoms with van der Waals surface area (Å²) < 4.78 is 51.4. The number of morpholine rings is 1. The first-order chi connectivity index (χ1) is 13.8. The minimum atomic E-state index is -4.64. The largest absolute Gasteiger partial charge is 0.463 e. The molecule has 1 aliphatic heterocycles. The molecule has 0 radical (unpaired) electrons. The first kappa shape index (κ1) is 19.6. The molecule has 0 bridgehead atoms. The van der Waals surface area contributed by atoms with Gasteiger partial charge in [-0.3, -0.25) is 4.90 Å². The fraction of sp³-hybridized carbons (Fsp3) is 0.500. The summed E-state index contributed by atoms with van der Waals surface area (Å²) in [6, 6.07) is 3.76. The van der Waals surface area contributed by atoms with E-state index in [0.717, 1.165) is 23.4 Å². The molecule has 0 unspecified atom stereocenters. The number of nitrogens with one attached hydrogen (secondary N) is 1.